The molecule has 4 rings (SSSR count). The van der Waals surface area contributed by atoms with Gasteiger partial charge in [0.25, 0.3) is 0 Å². The number of hydrogen-bond donors (Lipinski definition) is 1. The molecule has 5 heteroatoms. The van der Waals surface area contributed by atoms with Crippen LogP contribution in [0.3, 0.4) is 0 Å². The van der Waals surface area contributed by atoms with Crippen LogP contribution in [0.25, 0.3) is 0 Å². The van der Waals surface area contributed by atoms with Crippen molar-refractivity contribution in [3.63, 3.8) is 0 Å². The lowest BCUT2D eigenvalue weighted by atomic mass is 9.66. The van der Waals surface area contributed by atoms with E-state index < -0.39 is 0 Å². The topological polar surface area (TPSA) is 42.3 Å². The summed E-state index contributed by atoms with van der Waals surface area (Å²) in [5, 5.41) is 8.30. The quantitative estimate of drug-likeness (QED) is 0.847. The van der Waals surface area contributed by atoms with Gasteiger partial charge in [0.05, 0.1) is 12.3 Å². The molecule has 1 aliphatic carbocycles. The molecule has 1 aromatic rings. The Hall–Kier alpha value is -0.910. The van der Waals surface area contributed by atoms with Gasteiger partial charge in [-0.3, -0.25) is 9.58 Å². The van der Waals surface area contributed by atoms with Gasteiger partial charge in [0.1, 0.15) is 0 Å². The summed E-state index contributed by atoms with van der Waals surface area (Å²) in [6, 6.07) is 0. The molecular formula is C21H36N4O. The van der Waals surface area contributed by atoms with Gasteiger partial charge in [0.2, 0.25) is 0 Å². The molecule has 3 aliphatic rings. The van der Waals surface area contributed by atoms with E-state index in [9.17, 15) is 0 Å². The van der Waals surface area contributed by atoms with Crippen LogP contribution in [0, 0.1) is 5.41 Å². The van der Waals surface area contributed by atoms with E-state index >= 15 is 0 Å². The fourth-order valence-electron chi connectivity index (χ4n) is 5.46. The fourth-order valence-corrected chi connectivity index (χ4v) is 5.46. The summed E-state index contributed by atoms with van der Waals surface area (Å²) in [6.45, 7) is 6.19. The number of hydrogen-bond acceptors (Lipinski definition) is 4. The third-order valence-electron chi connectivity index (χ3n) is 6.98. The molecule has 1 aromatic heterocycles. The average molecular weight is 361 g/mol. The van der Waals surface area contributed by atoms with Crippen molar-refractivity contribution in [3.05, 3.63) is 17.0 Å². The molecule has 26 heavy (non-hydrogen) atoms. The first-order chi connectivity index (χ1) is 12.7. The fraction of sp³-hybridized carbons (Fsp3) is 0.857. The van der Waals surface area contributed by atoms with Gasteiger partial charge in [0.15, 0.2) is 0 Å². The van der Waals surface area contributed by atoms with E-state index in [1.165, 1.54) is 57.1 Å². The zero-order chi connectivity index (χ0) is 18.0. The molecule has 5 nitrogen and oxygen atoms in total. The Morgan fingerprint density at radius 3 is 2.85 bits per heavy atom. The van der Waals surface area contributed by atoms with Crippen molar-refractivity contribution in [1.82, 2.24) is 20.0 Å². The minimum absolute atomic E-state index is 0.495. The molecule has 2 aliphatic heterocycles. The van der Waals surface area contributed by atoms with Gasteiger partial charge < -0.3 is 10.1 Å². The van der Waals surface area contributed by atoms with E-state index in [0.717, 1.165) is 45.3 Å². The Labute approximate surface area is 158 Å². The zero-order valence-corrected chi connectivity index (χ0v) is 16.7. The van der Waals surface area contributed by atoms with Crippen LogP contribution in [-0.2, 0) is 24.2 Å². The summed E-state index contributed by atoms with van der Waals surface area (Å²) < 4.78 is 8.17. The number of aromatic nitrogens is 2. The molecule has 0 unspecified atom stereocenters. The summed E-state index contributed by atoms with van der Waals surface area (Å²) in [7, 11) is 4.25. The van der Waals surface area contributed by atoms with Crippen LogP contribution in [0.15, 0.2) is 0 Å². The highest BCUT2D eigenvalue weighted by Gasteiger charge is 2.39. The summed E-state index contributed by atoms with van der Waals surface area (Å²) in [6.07, 6.45) is 10.5. The van der Waals surface area contributed by atoms with Crippen LogP contribution in [0.1, 0.15) is 67.8 Å². The predicted molar refractivity (Wildman–Crippen MR) is 105 cm³/mol. The Kier molecular flexibility index (Phi) is 5.67. The number of aryl methyl sites for hydroxylation is 1. The van der Waals surface area contributed by atoms with Crippen LogP contribution in [-0.4, -0.2) is 55.1 Å². The second-order valence-electron chi connectivity index (χ2n) is 8.91. The van der Waals surface area contributed by atoms with Gasteiger partial charge in [-0.15, -0.1) is 0 Å². The van der Waals surface area contributed by atoms with Crippen molar-refractivity contribution in [2.75, 3.05) is 40.4 Å². The number of likely N-dealkylation sites (N-methyl/N-ethyl adjacent to an activating group) is 2. The highest BCUT2D eigenvalue weighted by Crippen LogP contribution is 2.48. The number of fused-ring (bicyclic) bond motifs is 1. The minimum Gasteiger partial charge on any atom is -0.381 e. The molecular weight excluding hydrogens is 324 g/mol. The number of rotatable bonds is 6. The normalized spacial score (nSPS) is 28.8. The lowest BCUT2D eigenvalue weighted by Crippen LogP contribution is -2.35. The minimum atomic E-state index is 0.495. The monoisotopic (exact) mass is 360 g/mol. The smallest absolute Gasteiger partial charge is 0.0802 e. The van der Waals surface area contributed by atoms with Gasteiger partial charge in [-0.05, 0) is 76.8 Å². The summed E-state index contributed by atoms with van der Waals surface area (Å²) in [4.78, 5) is 2.41. The predicted octanol–water partition coefficient (Wildman–Crippen LogP) is 2.93. The molecule has 2 fully saturated rings. The maximum absolute atomic E-state index is 5.85. The molecule has 1 saturated carbocycles. The van der Waals surface area contributed by atoms with Gasteiger partial charge in [-0.1, -0.05) is 0 Å². The second-order valence-corrected chi connectivity index (χ2v) is 8.91. The van der Waals surface area contributed by atoms with E-state index in [1.807, 2.05) is 7.05 Å². The number of ether oxygens (including phenoxy) is 1. The van der Waals surface area contributed by atoms with Crippen molar-refractivity contribution >= 4 is 0 Å². The molecule has 146 valence electrons. The van der Waals surface area contributed by atoms with Crippen LogP contribution >= 0.6 is 0 Å². The van der Waals surface area contributed by atoms with Gasteiger partial charge >= 0.3 is 0 Å². The second kappa shape index (κ2) is 7.99. The Balaban J connectivity index is 1.48. The van der Waals surface area contributed by atoms with Crippen molar-refractivity contribution in [1.29, 1.82) is 0 Å². The molecule has 3 heterocycles. The first-order valence-electron chi connectivity index (χ1n) is 10.7. The Morgan fingerprint density at radius 2 is 2.12 bits per heavy atom. The maximum atomic E-state index is 5.85. The van der Waals surface area contributed by atoms with Gasteiger partial charge in [0, 0.05) is 44.0 Å². The Bertz CT molecular complexity index is 595. The Morgan fingerprint density at radius 1 is 1.27 bits per heavy atom. The SMILES string of the molecule is CNCCN(C)Cc1nn2c(c1C1CCC3(CCCOC3)CC1)CCC2. The van der Waals surface area contributed by atoms with Crippen LogP contribution in [0.5, 0.6) is 0 Å². The molecule has 1 spiro atoms. The van der Waals surface area contributed by atoms with E-state index in [2.05, 4.69) is 21.9 Å². The van der Waals surface area contributed by atoms with Crippen LogP contribution < -0.4 is 5.32 Å². The summed E-state index contributed by atoms with van der Waals surface area (Å²) in [5.41, 5.74) is 5.04. The lowest BCUT2D eigenvalue weighted by molar-refractivity contribution is -0.0309. The van der Waals surface area contributed by atoms with Crippen molar-refractivity contribution in [3.8, 4) is 0 Å². The highest BCUT2D eigenvalue weighted by atomic mass is 16.5. The average Bonchev–Trinajstić information content (AvgIpc) is 3.23. The standard InChI is InChI=1S/C21H36N4O/c1-22-11-13-24(2)15-18-20(19-5-3-12-25(19)23-18)17-6-9-21(10-7-17)8-4-14-26-16-21/h17,22H,3-16H2,1-2H3. The molecule has 0 atom stereocenters. The van der Waals surface area contributed by atoms with Crippen molar-refractivity contribution < 1.29 is 4.74 Å². The third kappa shape index (κ3) is 3.71. The third-order valence-corrected chi connectivity index (χ3v) is 6.98. The molecule has 0 bridgehead atoms. The molecule has 0 aromatic carbocycles. The molecule has 1 saturated heterocycles. The largest absolute Gasteiger partial charge is 0.381 e. The van der Waals surface area contributed by atoms with E-state index in [1.54, 1.807) is 11.3 Å². The highest BCUT2D eigenvalue weighted by molar-refractivity contribution is 5.33. The maximum Gasteiger partial charge on any atom is 0.0802 e. The number of nitrogens with zero attached hydrogens (tertiary/aromatic N) is 3. The molecule has 0 amide bonds. The van der Waals surface area contributed by atoms with Crippen LogP contribution in [0.4, 0.5) is 0 Å². The first-order valence-corrected chi connectivity index (χ1v) is 10.7. The molecule has 1 N–H and O–H groups in total. The van der Waals surface area contributed by atoms with E-state index in [4.69, 9.17) is 9.84 Å². The van der Waals surface area contributed by atoms with Crippen molar-refractivity contribution in [2.45, 2.75) is 70.4 Å². The lowest BCUT2D eigenvalue weighted by Gasteiger charge is -2.42. The van der Waals surface area contributed by atoms with Crippen molar-refractivity contribution in [2.24, 2.45) is 5.41 Å². The zero-order valence-electron chi connectivity index (χ0n) is 16.7. The first kappa shape index (κ1) is 18.5. The summed E-state index contributed by atoms with van der Waals surface area (Å²) in [5.74, 6) is 0.720. The van der Waals surface area contributed by atoms with Crippen LogP contribution in [0.2, 0.25) is 0 Å². The summed E-state index contributed by atoms with van der Waals surface area (Å²) >= 11 is 0. The van der Waals surface area contributed by atoms with Gasteiger partial charge in [-0.25, -0.2) is 0 Å². The number of nitrogens with one attached hydrogen (secondary N) is 1. The van der Waals surface area contributed by atoms with Gasteiger partial charge in [-0.2, -0.15) is 5.10 Å². The van der Waals surface area contributed by atoms with E-state index in [0.29, 0.717) is 5.41 Å². The molecule has 0 radical (unpaired) electrons. The van der Waals surface area contributed by atoms with E-state index in [-0.39, 0.29) is 0 Å².